The van der Waals surface area contributed by atoms with E-state index in [0.29, 0.717) is 24.9 Å². The lowest BCUT2D eigenvalue weighted by molar-refractivity contribution is -0.158. The smallest absolute Gasteiger partial charge is 0.306 e. The van der Waals surface area contributed by atoms with E-state index in [9.17, 15) is 4.79 Å². The highest BCUT2D eigenvalue weighted by molar-refractivity contribution is 5.94. The first-order chi connectivity index (χ1) is 12.6. The lowest BCUT2D eigenvalue weighted by Gasteiger charge is -2.50. The Bertz CT molecular complexity index is 634. The Hall–Kier alpha value is -1.84. The fraction of sp³-hybridized carbons (Fsp3) is 0.636. The van der Waals surface area contributed by atoms with Crippen molar-refractivity contribution < 1.29 is 9.53 Å². The Morgan fingerprint density at radius 1 is 1.27 bits per heavy atom. The van der Waals surface area contributed by atoms with Gasteiger partial charge in [0.15, 0.2) is 0 Å². The molecule has 0 radical (unpaired) electrons. The van der Waals surface area contributed by atoms with E-state index in [2.05, 4.69) is 19.1 Å². The van der Waals surface area contributed by atoms with Gasteiger partial charge in [-0.1, -0.05) is 56.9 Å². The van der Waals surface area contributed by atoms with Crippen LogP contribution < -0.4 is 5.73 Å². The molecule has 1 saturated heterocycles. The minimum absolute atomic E-state index is 0.0174. The predicted octanol–water partition coefficient (Wildman–Crippen LogP) is 4.76. The number of cyclic esters (lactones) is 1. The summed E-state index contributed by atoms with van der Waals surface area (Å²) in [5, 5.41) is 7.63. The quantitative estimate of drug-likeness (QED) is 0.438. The van der Waals surface area contributed by atoms with Crippen LogP contribution in [-0.2, 0) is 9.53 Å². The molecule has 0 amide bonds. The van der Waals surface area contributed by atoms with Crippen LogP contribution in [0.2, 0.25) is 0 Å². The SMILES string of the molecule is CCCC(c1ccc(C(=N)N)cc1)C1(C2CCCCC2)CCOC(=O)C1. The van der Waals surface area contributed by atoms with Crippen LogP contribution in [0.15, 0.2) is 24.3 Å². The number of benzene rings is 1. The summed E-state index contributed by atoms with van der Waals surface area (Å²) in [4.78, 5) is 12.3. The van der Waals surface area contributed by atoms with E-state index in [1.165, 1.54) is 37.7 Å². The van der Waals surface area contributed by atoms with Gasteiger partial charge >= 0.3 is 5.97 Å². The molecular weight excluding hydrogens is 324 g/mol. The van der Waals surface area contributed by atoms with E-state index in [1.807, 2.05) is 12.1 Å². The number of ether oxygens (including phenoxy) is 1. The topological polar surface area (TPSA) is 76.2 Å². The fourth-order valence-corrected chi connectivity index (χ4v) is 5.34. The standard InChI is InChI=1S/C22H32N2O2/c1-2-6-19(16-9-11-17(12-10-16)21(23)24)22(13-14-26-20(25)15-22)18-7-4-3-5-8-18/h9-12,18-19H,2-8,13-15H2,1H3,(H3,23,24). The molecule has 3 rings (SSSR count). The minimum atomic E-state index is -0.0247. The Morgan fingerprint density at radius 3 is 2.54 bits per heavy atom. The van der Waals surface area contributed by atoms with Crippen LogP contribution in [0.25, 0.3) is 0 Å². The van der Waals surface area contributed by atoms with Gasteiger partial charge in [0.2, 0.25) is 0 Å². The van der Waals surface area contributed by atoms with Crippen molar-refractivity contribution in [2.75, 3.05) is 6.61 Å². The third kappa shape index (κ3) is 3.79. The van der Waals surface area contributed by atoms with Crippen LogP contribution in [0, 0.1) is 16.7 Å². The molecule has 26 heavy (non-hydrogen) atoms. The van der Waals surface area contributed by atoms with E-state index < -0.39 is 0 Å². The van der Waals surface area contributed by atoms with Gasteiger partial charge in [-0.2, -0.15) is 0 Å². The third-order valence-electron chi connectivity index (χ3n) is 6.62. The van der Waals surface area contributed by atoms with Gasteiger partial charge in [-0.15, -0.1) is 0 Å². The second-order valence-corrected chi connectivity index (χ2v) is 8.09. The zero-order valence-electron chi connectivity index (χ0n) is 15.9. The summed E-state index contributed by atoms with van der Waals surface area (Å²) in [5.74, 6) is 1.05. The van der Waals surface area contributed by atoms with Gasteiger partial charge in [0.1, 0.15) is 5.84 Å². The summed E-state index contributed by atoms with van der Waals surface area (Å²) in [6, 6.07) is 8.16. The number of rotatable bonds is 6. The molecule has 0 spiro atoms. The second-order valence-electron chi connectivity index (χ2n) is 8.09. The summed E-state index contributed by atoms with van der Waals surface area (Å²) in [5.41, 5.74) is 7.69. The summed E-state index contributed by atoms with van der Waals surface area (Å²) in [7, 11) is 0. The van der Waals surface area contributed by atoms with Gasteiger partial charge in [-0.25, -0.2) is 0 Å². The molecule has 4 nitrogen and oxygen atoms in total. The van der Waals surface area contributed by atoms with Crippen molar-refractivity contribution in [2.45, 2.75) is 70.6 Å². The van der Waals surface area contributed by atoms with Crippen molar-refractivity contribution in [3.05, 3.63) is 35.4 Å². The molecule has 1 saturated carbocycles. The zero-order chi connectivity index (χ0) is 18.6. The molecule has 1 aromatic rings. The molecule has 0 bridgehead atoms. The van der Waals surface area contributed by atoms with Crippen molar-refractivity contribution in [2.24, 2.45) is 17.1 Å². The summed E-state index contributed by atoms with van der Waals surface area (Å²) >= 11 is 0. The summed E-state index contributed by atoms with van der Waals surface area (Å²) in [6.45, 7) is 2.79. The highest BCUT2D eigenvalue weighted by Crippen LogP contribution is 2.55. The van der Waals surface area contributed by atoms with Gasteiger partial charge in [0.05, 0.1) is 13.0 Å². The first kappa shape index (κ1) is 18.9. The van der Waals surface area contributed by atoms with Gasteiger partial charge in [0.25, 0.3) is 0 Å². The number of carbonyl (C=O) groups excluding carboxylic acids is 1. The van der Waals surface area contributed by atoms with Gasteiger partial charge in [-0.3, -0.25) is 10.2 Å². The Kier molecular flexibility index (Phi) is 6.00. The van der Waals surface area contributed by atoms with Crippen LogP contribution in [0.3, 0.4) is 0 Å². The maximum Gasteiger partial charge on any atom is 0.306 e. The lowest BCUT2D eigenvalue weighted by Crippen LogP contribution is -2.44. The van der Waals surface area contributed by atoms with E-state index in [-0.39, 0.29) is 17.2 Å². The molecule has 2 unspecified atom stereocenters. The fourth-order valence-electron chi connectivity index (χ4n) is 5.34. The molecule has 4 heteroatoms. The molecular formula is C22H32N2O2. The maximum absolute atomic E-state index is 12.3. The number of amidine groups is 1. The summed E-state index contributed by atoms with van der Waals surface area (Å²) < 4.78 is 5.36. The number of nitrogen functional groups attached to an aromatic ring is 1. The number of hydrogen-bond donors (Lipinski definition) is 2. The highest BCUT2D eigenvalue weighted by atomic mass is 16.5. The number of nitrogens with two attached hydrogens (primary N) is 1. The average molecular weight is 357 g/mol. The zero-order valence-corrected chi connectivity index (χ0v) is 15.9. The Labute approximate surface area is 157 Å². The van der Waals surface area contributed by atoms with E-state index in [0.717, 1.165) is 24.8 Å². The minimum Gasteiger partial charge on any atom is -0.466 e. The second kappa shape index (κ2) is 8.24. The van der Waals surface area contributed by atoms with Crippen LogP contribution in [-0.4, -0.2) is 18.4 Å². The molecule has 3 N–H and O–H groups in total. The molecule has 2 aliphatic rings. The van der Waals surface area contributed by atoms with Gasteiger partial charge in [-0.05, 0) is 48.5 Å². The predicted molar refractivity (Wildman–Crippen MR) is 104 cm³/mol. The van der Waals surface area contributed by atoms with E-state index in [1.54, 1.807) is 0 Å². The third-order valence-corrected chi connectivity index (χ3v) is 6.62. The molecule has 2 atom stereocenters. The van der Waals surface area contributed by atoms with Gasteiger partial charge < -0.3 is 10.5 Å². The van der Waals surface area contributed by atoms with E-state index >= 15 is 0 Å². The molecule has 1 heterocycles. The van der Waals surface area contributed by atoms with Gasteiger partial charge in [0, 0.05) is 5.56 Å². The van der Waals surface area contributed by atoms with Crippen molar-refractivity contribution >= 4 is 11.8 Å². The Balaban J connectivity index is 1.99. The molecule has 1 aliphatic heterocycles. The Morgan fingerprint density at radius 2 is 1.96 bits per heavy atom. The lowest BCUT2D eigenvalue weighted by atomic mass is 9.56. The monoisotopic (exact) mass is 356 g/mol. The van der Waals surface area contributed by atoms with Crippen molar-refractivity contribution in [3.8, 4) is 0 Å². The van der Waals surface area contributed by atoms with E-state index in [4.69, 9.17) is 15.9 Å². The van der Waals surface area contributed by atoms with Crippen molar-refractivity contribution in [1.29, 1.82) is 5.41 Å². The number of esters is 1. The van der Waals surface area contributed by atoms with Crippen LogP contribution in [0.5, 0.6) is 0 Å². The molecule has 142 valence electrons. The van der Waals surface area contributed by atoms with Crippen LogP contribution in [0.4, 0.5) is 0 Å². The maximum atomic E-state index is 12.3. The number of nitrogens with one attached hydrogen (secondary N) is 1. The molecule has 0 aromatic heterocycles. The summed E-state index contributed by atoms with van der Waals surface area (Å²) in [6.07, 6.45) is 10.1. The highest BCUT2D eigenvalue weighted by Gasteiger charge is 2.49. The van der Waals surface area contributed by atoms with Crippen molar-refractivity contribution in [1.82, 2.24) is 0 Å². The van der Waals surface area contributed by atoms with Crippen molar-refractivity contribution in [3.63, 3.8) is 0 Å². The number of hydrogen-bond acceptors (Lipinski definition) is 3. The molecule has 1 aliphatic carbocycles. The normalized spacial score (nSPS) is 25.5. The largest absolute Gasteiger partial charge is 0.466 e. The van der Waals surface area contributed by atoms with Crippen LogP contribution in [0.1, 0.15) is 81.8 Å². The molecule has 1 aromatic carbocycles. The number of carbonyl (C=O) groups is 1. The average Bonchev–Trinajstić information content (AvgIpc) is 2.67. The first-order valence-electron chi connectivity index (χ1n) is 10.2. The van der Waals surface area contributed by atoms with Crippen LogP contribution >= 0.6 is 0 Å². The first-order valence-corrected chi connectivity index (χ1v) is 10.2. The molecule has 2 fully saturated rings.